The second-order valence-electron chi connectivity index (χ2n) is 4.73. The van der Waals surface area contributed by atoms with Gasteiger partial charge in [-0.25, -0.2) is 0 Å². The molecule has 90 valence electrons. The number of halogens is 3. The van der Waals surface area contributed by atoms with E-state index in [1.165, 1.54) is 11.1 Å². The van der Waals surface area contributed by atoms with Crippen molar-refractivity contribution in [1.29, 1.82) is 0 Å². The Labute approximate surface area is 113 Å². The molecule has 1 aromatic rings. The van der Waals surface area contributed by atoms with Gasteiger partial charge in [0, 0.05) is 6.54 Å². The van der Waals surface area contributed by atoms with Crippen molar-refractivity contribution in [2.24, 2.45) is 5.41 Å². The Kier molecular flexibility index (Phi) is 4.53. The number of fused-ring (bicyclic) bond motifs is 1. The molecule has 0 aromatic heterocycles. The minimum Gasteiger partial charge on any atom is -0.319 e. The van der Waals surface area contributed by atoms with Gasteiger partial charge in [0.1, 0.15) is 0 Å². The highest BCUT2D eigenvalue weighted by atomic mass is 35.5. The lowest BCUT2D eigenvalue weighted by Gasteiger charge is -2.22. The quantitative estimate of drug-likeness (QED) is 0.870. The molecule has 0 radical (unpaired) electrons. The minimum atomic E-state index is 0. The maximum atomic E-state index is 6.01. The lowest BCUT2D eigenvalue weighted by molar-refractivity contribution is 0.334. The molecule has 0 saturated carbocycles. The van der Waals surface area contributed by atoms with Crippen molar-refractivity contribution >= 4 is 35.6 Å². The van der Waals surface area contributed by atoms with E-state index in [4.69, 9.17) is 23.2 Å². The van der Waals surface area contributed by atoms with Crippen molar-refractivity contribution in [3.05, 3.63) is 33.3 Å². The second kappa shape index (κ2) is 5.14. The van der Waals surface area contributed by atoms with E-state index >= 15 is 0 Å². The summed E-state index contributed by atoms with van der Waals surface area (Å²) in [6.45, 7) is 3.32. The van der Waals surface area contributed by atoms with Crippen LogP contribution in [0.4, 0.5) is 0 Å². The molecule has 0 unspecified atom stereocenters. The van der Waals surface area contributed by atoms with E-state index in [-0.39, 0.29) is 12.4 Å². The van der Waals surface area contributed by atoms with Gasteiger partial charge in [-0.2, -0.15) is 0 Å². The Morgan fingerprint density at radius 1 is 1.19 bits per heavy atom. The highest BCUT2D eigenvalue weighted by Gasteiger charge is 2.32. The van der Waals surface area contributed by atoms with Gasteiger partial charge in [-0.05, 0) is 48.6 Å². The molecule has 16 heavy (non-hydrogen) atoms. The van der Waals surface area contributed by atoms with E-state index in [2.05, 4.69) is 12.2 Å². The van der Waals surface area contributed by atoms with Crippen LogP contribution in [0.15, 0.2) is 12.1 Å². The monoisotopic (exact) mass is 279 g/mol. The molecule has 0 heterocycles. The molecular formula is C12H16Cl3N. The third-order valence-corrected chi connectivity index (χ3v) is 3.80. The van der Waals surface area contributed by atoms with Gasteiger partial charge in [0.2, 0.25) is 0 Å². The zero-order chi connectivity index (χ0) is 11.1. The highest BCUT2D eigenvalue weighted by molar-refractivity contribution is 6.42. The van der Waals surface area contributed by atoms with E-state index < -0.39 is 0 Å². The number of hydrogen-bond acceptors (Lipinski definition) is 1. The van der Waals surface area contributed by atoms with Gasteiger partial charge < -0.3 is 5.32 Å². The van der Waals surface area contributed by atoms with Crippen molar-refractivity contribution in [3.63, 3.8) is 0 Å². The number of benzene rings is 1. The molecule has 0 saturated heterocycles. The number of hydrogen-bond donors (Lipinski definition) is 1. The predicted octanol–water partition coefficient (Wildman–Crippen LogP) is 3.74. The maximum absolute atomic E-state index is 6.01. The summed E-state index contributed by atoms with van der Waals surface area (Å²) in [5, 5.41) is 4.59. The summed E-state index contributed by atoms with van der Waals surface area (Å²) in [7, 11) is 1.99. The lowest BCUT2D eigenvalue weighted by atomic mass is 9.87. The molecule has 1 nitrogen and oxygen atoms in total. The summed E-state index contributed by atoms with van der Waals surface area (Å²) in [6, 6.07) is 4.03. The van der Waals surface area contributed by atoms with Crippen molar-refractivity contribution in [1.82, 2.24) is 5.32 Å². The molecule has 1 N–H and O–H groups in total. The molecule has 0 atom stereocenters. The third-order valence-electron chi connectivity index (χ3n) is 3.08. The standard InChI is InChI=1S/C12H15Cl2N.ClH/c1-12(7-15-2)5-8-3-10(13)11(14)4-9(8)6-12;/h3-4,15H,5-7H2,1-2H3;1H. The summed E-state index contributed by atoms with van der Waals surface area (Å²) in [5.41, 5.74) is 3.01. The summed E-state index contributed by atoms with van der Waals surface area (Å²) >= 11 is 12.0. The Hall–Kier alpha value is 0.0500. The van der Waals surface area contributed by atoms with Crippen LogP contribution in [-0.2, 0) is 12.8 Å². The van der Waals surface area contributed by atoms with Crippen LogP contribution in [0.5, 0.6) is 0 Å². The van der Waals surface area contributed by atoms with E-state index in [1.807, 2.05) is 19.2 Å². The van der Waals surface area contributed by atoms with Crippen LogP contribution in [0, 0.1) is 5.41 Å². The van der Waals surface area contributed by atoms with E-state index in [0.29, 0.717) is 15.5 Å². The smallest absolute Gasteiger partial charge is 0.0595 e. The van der Waals surface area contributed by atoms with Crippen molar-refractivity contribution < 1.29 is 0 Å². The first-order chi connectivity index (χ1) is 7.04. The van der Waals surface area contributed by atoms with Crippen LogP contribution in [0.3, 0.4) is 0 Å². The Balaban J connectivity index is 0.00000128. The molecular weight excluding hydrogens is 264 g/mol. The summed E-state index contributed by atoms with van der Waals surface area (Å²) in [5.74, 6) is 0. The molecule has 0 fully saturated rings. The normalized spacial score (nSPS) is 16.8. The van der Waals surface area contributed by atoms with Crippen molar-refractivity contribution in [2.45, 2.75) is 19.8 Å². The minimum absolute atomic E-state index is 0. The zero-order valence-electron chi connectivity index (χ0n) is 9.44. The van der Waals surface area contributed by atoms with Gasteiger partial charge in [-0.3, -0.25) is 0 Å². The van der Waals surface area contributed by atoms with Gasteiger partial charge in [0.05, 0.1) is 10.0 Å². The molecule has 1 aliphatic carbocycles. The second-order valence-corrected chi connectivity index (χ2v) is 5.54. The van der Waals surface area contributed by atoms with Gasteiger partial charge >= 0.3 is 0 Å². The van der Waals surface area contributed by atoms with Gasteiger partial charge in [0.15, 0.2) is 0 Å². The fourth-order valence-electron chi connectivity index (χ4n) is 2.49. The third kappa shape index (κ3) is 2.65. The van der Waals surface area contributed by atoms with Crippen LogP contribution in [-0.4, -0.2) is 13.6 Å². The van der Waals surface area contributed by atoms with Gasteiger partial charge in [0.25, 0.3) is 0 Å². The average molecular weight is 281 g/mol. The fraction of sp³-hybridized carbons (Fsp3) is 0.500. The Morgan fingerprint density at radius 3 is 2.00 bits per heavy atom. The van der Waals surface area contributed by atoms with Gasteiger partial charge in [-0.1, -0.05) is 30.1 Å². The van der Waals surface area contributed by atoms with E-state index in [0.717, 1.165) is 19.4 Å². The van der Waals surface area contributed by atoms with Crippen LogP contribution >= 0.6 is 35.6 Å². The van der Waals surface area contributed by atoms with Crippen LogP contribution in [0.1, 0.15) is 18.1 Å². The topological polar surface area (TPSA) is 12.0 Å². The summed E-state index contributed by atoms with van der Waals surface area (Å²) in [4.78, 5) is 0. The molecule has 1 aromatic carbocycles. The first-order valence-electron chi connectivity index (χ1n) is 5.15. The van der Waals surface area contributed by atoms with Gasteiger partial charge in [-0.15, -0.1) is 12.4 Å². The van der Waals surface area contributed by atoms with E-state index in [9.17, 15) is 0 Å². The zero-order valence-corrected chi connectivity index (χ0v) is 11.8. The maximum Gasteiger partial charge on any atom is 0.0595 e. The van der Waals surface area contributed by atoms with Crippen molar-refractivity contribution in [3.8, 4) is 0 Å². The average Bonchev–Trinajstić information content (AvgIpc) is 2.42. The van der Waals surface area contributed by atoms with Crippen molar-refractivity contribution in [2.75, 3.05) is 13.6 Å². The predicted molar refractivity (Wildman–Crippen MR) is 73.2 cm³/mol. The summed E-state index contributed by atoms with van der Waals surface area (Å²) < 4.78 is 0. The molecule has 1 aliphatic rings. The van der Waals surface area contributed by atoms with Crippen LogP contribution in [0.2, 0.25) is 10.0 Å². The van der Waals surface area contributed by atoms with Crippen LogP contribution < -0.4 is 5.32 Å². The SMILES string of the molecule is CNCC1(C)Cc2cc(Cl)c(Cl)cc2C1.Cl. The molecule has 0 spiro atoms. The highest BCUT2D eigenvalue weighted by Crippen LogP contribution is 2.39. The summed E-state index contributed by atoms with van der Waals surface area (Å²) in [6.07, 6.45) is 2.17. The largest absolute Gasteiger partial charge is 0.319 e. The molecule has 0 amide bonds. The van der Waals surface area contributed by atoms with E-state index in [1.54, 1.807) is 0 Å². The first-order valence-corrected chi connectivity index (χ1v) is 5.91. The fourth-order valence-corrected chi connectivity index (χ4v) is 2.86. The van der Waals surface area contributed by atoms with Crippen LogP contribution in [0.25, 0.3) is 0 Å². The molecule has 4 heteroatoms. The molecule has 0 bridgehead atoms. The lowest BCUT2D eigenvalue weighted by Crippen LogP contribution is -2.30. The Bertz CT molecular complexity index is 359. The number of rotatable bonds is 2. The first kappa shape index (κ1) is 14.1. The number of nitrogens with one attached hydrogen (secondary N) is 1. The Morgan fingerprint density at radius 2 is 1.62 bits per heavy atom. The molecule has 0 aliphatic heterocycles. The molecule has 2 rings (SSSR count).